The van der Waals surface area contributed by atoms with Crippen LogP contribution in [0.3, 0.4) is 0 Å². The van der Waals surface area contributed by atoms with E-state index in [1.54, 1.807) is 0 Å². The van der Waals surface area contributed by atoms with Gasteiger partial charge in [-0.15, -0.1) is 0 Å². The van der Waals surface area contributed by atoms with Gasteiger partial charge in [-0.2, -0.15) is 0 Å². The number of ether oxygens (including phenoxy) is 1. The van der Waals surface area contributed by atoms with Gasteiger partial charge in [-0.3, -0.25) is 0 Å². The predicted molar refractivity (Wildman–Crippen MR) is 36.9 cm³/mol. The van der Waals surface area contributed by atoms with Crippen molar-refractivity contribution in [2.24, 2.45) is 0 Å². The average Bonchev–Trinajstić information content (AvgIpc) is 1.81. The summed E-state index contributed by atoms with van der Waals surface area (Å²) >= 11 is 0. The van der Waals surface area contributed by atoms with Gasteiger partial charge >= 0.3 is 27.3 Å². The quantitative estimate of drug-likeness (QED) is 0.427. The minimum Gasteiger partial charge on any atom is -0.653 e. The topological polar surface area (TPSA) is 26.3 Å². The standard InChI is InChI=1S/C6H11O2.Tl/c1-2-3-4-5-8-6-7;/h2-5H2,1H3;/q-1;+1. The van der Waals surface area contributed by atoms with E-state index in [0.717, 1.165) is 19.3 Å². The zero-order valence-electron chi connectivity index (χ0n) is 5.72. The first-order chi connectivity index (χ1) is 3.91. The first kappa shape index (κ1) is 12.1. The van der Waals surface area contributed by atoms with Gasteiger partial charge in [0.25, 0.3) is 0 Å². The molecule has 0 unspecified atom stereocenters. The molecule has 2 nitrogen and oxygen atoms in total. The van der Waals surface area contributed by atoms with E-state index in [1.165, 1.54) is 6.47 Å². The molecule has 0 amide bonds. The van der Waals surface area contributed by atoms with E-state index in [0.29, 0.717) is 6.61 Å². The van der Waals surface area contributed by atoms with Crippen LogP contribution in [0.15, 0.2) is 0 Å². The van der Waals surface area contributed by atoms with E-state index in [2.05, 4.69) is 11.7 Å². The third-order valence-corrected chi connectivity index (χ3v) is 0.909. The molecule has 3 heteroatoms. The molecule has 0 saturated heterocycles. The Hall–Kier alpha value is 0.392. The molecule has 0 aromatic heterocycles. The second-order valence-corrected chi connectivity index (χ2v) is 1.64. The van der Waals surface area contributed by atoms with Gasteiger partial charge in [0, 0.05) is 6.61 Å². The Kier molecular flexibility index (Phi) is 15.1. The fourth-order valence-corrected chi connectivity index (χ4v) is 0.466. The van der Waals surface area contributed by atoms with Crippen molar-refractivity contribution in [2.75, 3.05) is 6.61 Å². The van der Waals surface area contributed by atoms with Crippen LogP contribution in [0.5, 0.6) is 0 Å². The Morgan fingerprint density at radius 3 is 2.56 bits per heavy atom. The van der Waals surface area contributed by atoms with E-state index in [1.807, 2.05) is 0 Å². The van der Waals surface area contributed by atoms with Crippen molar-refractivity contribution in [1.82, 2.24) is 0 Å². The molecule has 0 atom stereocenters. The van der Waals surface area contributed by atoms with Crippen LogP contribution in [0.4, 0.5) is 0 Å². The van der Waals surface area contributed by atoms with E-state index in [4.69, 9.17) is 0 Å². The van der Waals surface area contributed by atoms with Crippen molar-refractivity contribution >= 4 is 33.8 Å². The Labute approximate surface area is 76.1 Å². The van der Waals surface area contributed by atoms with Crippen molar-refractivity contribution in [3.8, 4) is 0 Å². The van der Waals surface area contributed by atoms with E-state index in [-0.39, 0.29) is 27.3 Å². The molecule has 0 saturated carbocycles. The van der Waals surface area contributed by atoms with Crippen molar-refractivity contribution in [1.29, 1.82) is 0 Å². The van der Waals surface area contributed by atoms with Gasteiger partial charge in [0.15, 0.2) is 0 Å². The first-order valence-corrected chi connectivity index (χ1v) is 2.90. The molecular weight excluding hydrogens is 308 g/mol. The molecule has 9 heavy (non-hydrogen) atoms. The number of unbranched alkanes of at least 4 members (excludes halogenated alkanes) is 2. The normalized spacial score (nSPS) is 7.67. The SMILES string of the molecule is CCCCCO[C-]=O.[Tl+]. The third kappa shape index (κ3) is 11.8. The molecule has 0 fully saturated rings. The summed E-state index contributed by atoms with van der Waals surface area (Å²) < 4.78 is 4.33. The molecular formula is C6H11O2Tl. The van der Waals surface area contributed by atoms with Crippen LogP contribution < -0.4 is 0 Å². The molecule has 0 aliphatic carbocycles. The fraction of sp³-hybridized carbons (Fsp3) is 0.833. The maximum atomic E-state index is 9.42. The average molecular weight is 320 g/mol. The molecule has 0 heterocycles. The molecule has 0 aromatic carbocycles. The zero-order valence-corrected chi connectivity index (χ0v) is 10.2. The van der Waals surface area contributed by atoms with Gasteiger partial charge in [-0.05, 0) is 6.42 Å². The molecule has 50 valence electrons. The van der Waals surface area contributed by atoms with Gasteiger partial charge < -0.3 is 9.53 Å². The van der Waals surface area contributed by atoms with Crippen molar-refractivity contribution in [3.05, 3.63) is 0 Å². The fourth-order valence-electron chi connectivity index (χ4n) is 0.466. The van der Waals surface area contributed by atoms with E-state index in [9.17, 15) is 4.79 Å². The summed E-state index contributed by atoms with van der Waals surface area (Å²) in [6.07, 6.45) is 3.25. The number of hydrogen-bond donors (Lipinski definition) is 0. The maximum Gasteiger partial charge on any atom is 1.00 e. The molecule has 0 spiro atoms. The van der Waals surface area contributed by atoms with Crippen LogP contribution >= 0.6 is 0 Å². The van der Waals surface area contributed by atoms with Crippen LogP contribution in [-0.4, -0.2) is 40.4 Å². The molecule has 0 bridgehead atoms. The van der Waals surface area contributed by atoms with Crippen LogP contribution in [0.1, 0.15) is 26.2 Å². The number of carbonyl (C=O) groups excluding carboxylic acids is 1. The third-order valence-electron chi connectivity index (χ3n) is 0.909. The van der Waals surface area contributed by atoms with Crippen LogP contribution in [0.25, 0.3) is 0 Å². The summed E-state index contributed by atoms with van der Waals surface area (Å²) in [7, 11) is 0. The molecule has 0 rings (SSSR count). The molecule has 0 aliphatic heterocycles. The zero-order chi connectivity index (χ0) is 6.24. The largest absolute Gasteiger partial charge is 1.00 e. The smallest absolute Gasteiger partial charge is 0.653 e. The monoisotopic (exact) mass is 320 g/mol. The van der Waals surface area contributed by atoms with Gasteiger partial charge in [0.2, 0.25) is 0 Å². The van der Waals surface area contributed by atoms with Crippen LogP contribution in [-0.2, 0) is 9.53 Å². The Morgan fingerprint density at radius 2 is 2.11 bits per heavy atom. The summed E-state index contributed by atoms with van der Waals surface area (Å²) in [5.74, 6) is 0. The molecule has 0 radical (unpaired) electrons. The van der Waals surface area contributed by atoms with Crippen molar-refractivity contribution < 1.29 is 9.53 Å². The van der Waals surface area contributed by atoms with Crippen LogP contribution in [0, 0.1) is 0 Å². The summed E-state index contributed by atoms with van der Waals surface area (Å²) in [4.78, 5) is 9.42. The Morgan fingerprint density at radius 1 is 1.44 bits per heavy atom. The molecule has 0 aromatic rings. The van der Waals surface area contributed by atoms with E-state index < -0.39 is 0 Å². The minimum absolute atomic E-state index is 0. The minimum atomic E-state index is 0. The van der Waals surface area contributed by atoms with Gasteiger partial charge in [-0.25, -0.2) is 0 Å². The van der Waals surface area contributed by atoms with Crippen LogP contribution in [0.2, 0.25) is 0 Å². The van der Waals surface area contributed by atoms with Gasteiger partial charge in [0.1, 0.15) is 0 Å². The Bertz CT molecular complexity index is 57.0. The summed E-state index contributed by atoms with van der Waals surface area (Å²) in [5.41, 5.74) is 0. The molecule has 0 aliphatic rings. The summed E-state index contributed by atoms with van der Waals surface area (Å²) in [6.45, 7) is 4.00. The molecule has 0 N–H and O–H groups in total. The summed E-state index contributed by atoms with van der Waals surface area (Å²) in [6, 6.07) is 0. The second kappa shape index (κ2) is 11.2. The van der Waals surface area contributed by atoms with Crippen molar-refractivity contribution in [2.45, 2.75) is 26.2 Å². The second-order valence-electron chi connectivity index (χ2n) is 1.64. The first-order valence-electron chi connectivity index (χ1n) is 2.90. The number of hydrogen-bond acceptors (Lipinski definition) is 2. The van der Waals surface area contributed by atoms with Gasteiger partial charge in [-0.1, -0.05) is 26.2 Å². The van der Waals surface area contributed by atoms with Crippen molar-refractivity contribution in [3.63, 3.8) is 0 Å². The number of rotatable bonds is 5. The van der Waals surface area contributed by atoms with Gasteiger partial charge in [0.05, 0.1) is 0 Å². The maximum absolute atomic E-state index is 9.42. The Balaban J connectivity index is 0. The summed E-state index contributed by atoms with van der Waals surface area (Å²) in [5, 5.41) is 0. The van der Waals surface area contributed by atoms with E-state index >= 15 is 0 Å². The predicted octanol–water partition coefficient (Wildman–Crippen LogP) is 0.880.